The molecule has 2 rings (SSSR count). The minimum Gasteiger partial charge on any atom is -0.490 e. The molecule has 0 aromatic heterocycles. The molecule has 1 aliphatic rings. The van der Waals surface area contributed by atoms with E-state index in [1.54, 1.807) is 18.2 Å². The molecular formula is C14H19NO4. The maximum atomic E-state index is 11.7. The highest BCUT2D eigenvalue weighted by molar-refractivity contribution is 5.98. The quantitative estimate of drug-likeness (QED) is 0.666. The number of nitrogens with two attached hydrogens (primary N) is 1. The van der Waals surface area contributed by atoms with E-state index in [0.717, 1.165) is 25.9 Å². The average molecular weight is 265 g/mol. The molecule has 0 saturated carbocycles. The minimum absolute atomic E-state index is 0.0840. The Hall–Kier alpha value is -1.75. The molecule has 1 unspecified atom stereocenters. The number of hydrogen-bond acceptors (Lipinski definition) is 5. The Balaban J connectivity index is 2.06. The van der Waals surface area contributed by atoms with Crippen LogP contribution in [0, 0.1) is 0 Å². The Kier molecular flexibility index (Phi) is 4.63. The Morgan fingerprint density at radius 3 is 3.00 bits per heavy atom. The van der Waals surface area contributed by atoms with Gasteiger partial charge >= 0.3 is 5.97 Å². The summed E-state index contributed by atoms with van der Waals surface area (Å²) in [6.45, 7) is 1.20. The number of benzene rings is 1. The second kappa shape index (κ2) is 6.43. The van der Waals surface area contributed by atoms with Gasteiger partial charge in [-0.1, -0.05) is 6.07 Å². The highest BCUT2D eigenvalue weighted by atomic mass is 16.5. The Labute approximate surface area is 112 Å². The van der Waals surface area contributed by atoms with Gasteiger partial charge in [0, 0.05) is 12.3 Å². The van der Waals surface area contributed by atoms with E-state index in [0.29, 0.717) is 18.0 Å². The predicted molar refractivity (Wildman–Crippen MR) is 71.3 cm³/mol. The van der Waals surface area contributed by atoms with Crippen LogP contribution in [0.1, 0.15) is 29.6 Å². The van der Waals surface area contributed by atoms with E-state index >= 15 is 0 Å². The molecule has 0 spiro atoms. The van der Waals surface area contributed by atoms with Gasteiger partial charge in [0.2, 0.25) is 0 Å². The molecule has 1 atom stereocenters. The lowest BCUT2D eigenvalue weighted by molar-refractivity contribution is -0.0113. The van der Waals surface area contributed by atoms with Gasteiger partial charge in [0.05, 0.1) is 13.2 Å². The molecule has 1 aromatic rings. The predicted octanol–water partition coefficient (Wildman–Crippen LogP) is 2.00. The second-order valence-electron chi connectivity index (χ2n) is 4.51. The molecule has 19 heavy (non-hydrogen) atoms. The SMILES string of the molecule is COC(=O)c1c(N)cccc1OCC1CCCCO1. The molecule has 2 N–H and O–H groups in total. The Morgan fingerprint density at radius 2 is 2.32 bits per heavy atom. The molecule has 1 saturated heterocycles. The number of ether oxygens (including phenoxy) is 3. The summed E-state index contributed by atoms with van der Waals surface area (Å²) in [6, 6.07) is 5.11. The smallest absolute Gasteiger partial charge is 0.343 e. The van der Waals surface area contributed by atoms with E-state index in [1.807, 2.05) is 0 Å². The largest absolute Gasteiger partial charge is 0.490 e. The van der Waals surface area contributed by atoms with E-state index in [-0.39, 0.29) is 11.7 Å². The van der Waals surface area contributed by atoms with Crippen molar-refractivity contribution in [3.8, 4) is 5.75 Å². The third kappa shape index (κ3) is 3.38. The summed E-state index contributed by atoms with van der Waals surface area (Å²) in [5, 5.41) is 0. The van der Waals surface area contributed by atoms with Crippen molar-refractivity contribution in [3.05, 3.63) is 23.8 Å². The van der Waals surface area contributed by atoms with Gasteiger partial charge in [-0.3, -0.25) is 0 Å². The van der Waals surface area contributed by atoms with E-state index in [2.05, 4.69) is 0 Å². The third-order valence-electron chi connectivity index (χ3n) is 3.15. The third-order valence-corrected chi connectivity index (χ3v) is 3.15. The summed E-state index contributed by atoms with van der Waals surface area (Å²) in [5.41, 5.74) is 6.43. The molecule has 1 heterocycles. The summed E-state index contributed by atoms with van der Waals surface area (Å²) in [7, 11) is 1.32. The zero-order valence-electron chi connectivity index (χ0n) is 11.1. The molecule has 0 amide bonds. The van der Waals surface area contributed by atoms with E-state index in [9.17, 15) is 4.79 Å². The van der Waals surface area contributed by atoms with Crippen LogP contribution in [0.25, 0.3) is 0 Å². The van der Waals surface area contributed by atoms with Crippen LogP contribution in [0.3, 0.4) is 0 Å². The number of hydrogen-bond donors (Lipinski definition) is 1. The normalized spacial score (nSPS) is 18.9. The molecule has 1 aromatic carbocycles. The van der Waals surface area contributed by atoms with Crippen molar-refractivity contribution >= 4 is 11.7 Å². The number of methoxy groups -OCH3 is 1. The van der Waals surface area contributed by atoms with E-state index in [1.165, 1.54) is 7.11 Å². The molecule has 0 bridgehead atoms. The molecule has 5 heteroatoms. The standard InChI is InChI=1S/C14H19NO4/c1-17-14(16)13-11(15)6-4-7-12(13)19-9-10-5-2-3-8-18-10/h4,6-7,10H,2-3,5,8-9,15H2,1H3. The van der Waals surface area contributed by atoms with E-state index < -0.39 is 5.97 Å². The fourth-order valence-corrected chi connectivity index (χ4v) is 2.11. The lowest BCUT2D eigenvalue weighted by Crippen LogP contribution is -2.26. The highest BCUT2D eigenvalue weighted by Gasteiger charge is 2.19. The molecular weight excluding hydrogens is 246 g/mol. The minimum atomic E-state index is -0.488. The van der Waals surface area contributed by atoms with Crippen LogP contribution >= 0.6 is 0 Å². The maximum absolute atomic E-state index is 11.7. The fraction of sp³-hybridized carbons (Fsp3) is 0.500. The number of anilines is 1. The summed E-state index contributed by atoms with van der Waals surface area (Å²) in [4.78, 5) is 11.7. The maximum Gasteiger partial charge on any atom is 0.343 e. The summed E-state index contributed by atoms with van der Waals surface area (Å²) < 4.78 is 16.0. The van der Waals surface area contributed by atoms with Crippen LogP contribution in [0.2, 0.25) is 0 Å². The number of nitrogen functional groups attached to an aromatic ring is 1. The van der Waals surface area contributed by atoms with Gasteiger partial charge in [0.1, 0.15) is 17.9 Å². The lowest BCUT2D eigenvalue weighted by atomic mass is 10.1. The van der Waals surface area contributed by atoms with Crippen LogP contribution in [0.4, 0.5) is 5.69 Å². The Bertz CT molecular complexity index is 441. The molecule has 5 nitrogen and oxygen atoms in total. The highest BCUT2D eigenvalue weighted by Crippen LogP contribution is 2.26. The first-order valence-corrected chi connectivity index (χ1v) is 6.43. The zero-order valence-corrected chi connectivity index (χ0v) is 11.1. The van der Waals surface area contributed by atoms with Crippen molar-refractivity contribution in [1.82, 2.24) is 0 Å². The van der Waals surface area contributed by atoms with E-state index in [4.69, 9.17) is 19.9 Å². The van der Waals surface area contributed by atoms with Crippen molar-refractivity contribution in [2.75, 3.05) is 26.1 Å². The number of rotatable bonds is 4. The summed E-state index contributed by atoms with van der Waals surface area (Å²) >= 11 is 0. The summed E-state index contributed by atoms with van der Waals surface area (Å²) in [5.74, 6) is -0.0429. The average Bonchev–Trinajstić information content (AvgIpc) is 2.45. The number of esters is 1. The molecule has 104 valence electrons. The second-order valence-corrected chi connectivity index (χ2v) is 4.51. The van der Waals surface area contributed by atoms with Gasteiger partial charge in [-0.2, -0.15) is 0 Å². The van der Waals surface area contributed by atoms with Gasteiger partial charge in [0.15, 0.2) is 0 Å². The van der Waals surface area contributed by atoms with Crippen LogP contribution < -0.4 is 10.5 Å². The van der Waals surface area contributed by atoms with Crippen LogP contribution in [-0.2, 0) is 9.47 Å². The van der Waals surface area contributed by atoms with Gasteiger partial charge in [-0.05, 0) is 31.4 Å². The molecule has 1 fully saturated rings. The van der Waals surface area contributed by atoms with Crippen molar-refractivity contribution < 1.29 is 19.0 Å². The topological polar surface area (TPSA) is 70.8 Å². The first-order chi connectivity index (χ1) is 9.22. The van der Waals surface area contributed by atoms with Crippen LogP contribution in [-0.4, -0.2) is 32.4 Å². The Morgan fingerprint density at radius 1 is 1.47 bits per heavy atom. The van der Waals surface area contributed by atoms with Gasteiger partial charge in [-0.25, -0.2) is 4.79 Å². The van der Waals surface area contributed by atoms with Gasteiger partial charge in [0.25, 0.3) is 0 Å². The molecule has 0 radical (unpaired) electrons. The van der Waals surface area contributed by atoms with Crippen LogP contribution in [0.15, 0.2) is 18.2 Å². The first-order valence-electron chi connectivity index (χ1n) is 6.43. The lowest BCUT2D eigenvalue weighted by Gasteiger charge is -2.23. The zero-order chi connectivity index (χ0) is 13.7. The van der Waals surface area contributed by atoms with Crippen molar-refractivity contribution in [2.45, 2.75) is 25.4 Å². The van der Waals surface area contributed by atoms with Crippen molar-refractivity contribution in [1.29, 1.82) is 0 Å². The number of carbonyl (C=O) groups is 1. The summed E-state index contributed by atoms with van der Waals surface area (Å²) in [6.07, 6.45) is 3.31. The van der Waals surface area contributed by atoms with Crippen LogP contribution in [0.5, 0.6) is 5.75 Å². The number of carbonyl (C=O) groups excluding carboxylic acids is 1. The molecule has 0 aliphatic carbocycles. The van der Waals surface area contributed by atoms with Crippen molar-refractivity contribution in [3.63, 3.8) is 0 Å². The molecule has 1 aliphatic heterocycles. The van der Waals surface area contributed by atoms with Crippen molar-refractivity contribution in [2.24, 2.45) is 0 Å². The van der Waals surface area contributed by atoms with Gasteiger partial charge in [-0.15, -0.1) is 0 Å². The van der Waals surface area contributed by atoms with Gasteiger partial charge < -0.3 is 19.9 Å². The monoisotopic (exact) mass is 265 g/mol. The first kappa shape index (κ1) is 13.7. The fourth-order valence-electron chi connectivity index (χ4n) is 2.11.